The first-order chi connectivity index (χ1) is 16.2. The van der Waals surface area contributed by atoms with Gasteiger partial charge >= 0.3 is 6.18 Å². The predicted octanol–water partition coefficient (Wildman–Crippen LogP) is 6.46. The van der Waals surface area contributed by atoms with Crippen LogP contribution in [0.2, 0.25) is 5.02 Å². The molecular weight excluding hydrogens is 465 g/mol. The molecule has 34 heavy (non-hydrogen) atoms. The molecule has 1 amide bonds. The van der Waals surface area contributed by atoms with Gasteiger partial charge in [0.15, 0.2) is 5.82 Å². The molecule has 3 aromatic rings. The fourth-order valence-electron chi connectivity index (χ4n) is 4.35. The van der Waals surface area contributed by atoms with Crippen LogP contribution in [0.15, 0.2) is 48.5 Å². The summed E-state index contributed by atoms with van der Waals surface area (Å²) in [4.78, 5) is 12.6. The first-order valence-corrected chi connectivity index (χ1v) is 11.6. The number of halogens is 4. The number of aromatic amines is 1. The lowest BCUT2D eigenvalue weighted by molar-refractivity contribution is -0.137. The van der Waals surface area contributed by atoms with Gasteiger partial charge in [0.05, 0.1) is 21.8 Å². The van der Waals surface area contributed by atoms with E-state index in [0.717, 1.165) is 73.1 Å². The van der Waals surface area contributed by atoms with Crippen LogP contribution in [0.3, 0.4) is 0 Å². The molecule has 1 saturated carbocycles. The number of aromatic nitrogens is 2. The lowest BCUT2D eigenvalue weighted by Gasteiger charge is -2.29. The van der Waals surface area contributed by atoms with Gasteiger partial charge in [-0.05, 0) is 62.3 Å². The molecule has 1 fully saturated rings. The molecule has 0 radical (unpaired) electrons. The maximum absolute atomic E-state index is 13.0. The highest BCUT2D eigenvalue weighted by Crippen LogP contribution is 2.32. The van der Waals surface area contributed by atoms with Crippen molar-refractivity contribution in [3.05, 3.63) is 70.2 Å². The summed E-state index contributed by atoms with van der Waals surface area (Å²) in [6, 6.07) is 12.7. The van der Waals surface area contributed by atoms with Crippen molar-refractivity contribution in [3.63, 3.8) is 0 Å². The number of anilines is 1. The van der Waals surface area contributed by atoms with Crippen molar-refractivity contribution in [2.24, 2.45) is 5.92 Å². The lowest BCUT2D eigenvalue weighted by atomic mass is 9.86. The fraction of sp³-hybridized carbons (Fsp3) is 0.360. The second-order valence-corrected chi connectivity index (χ2v) is 9.11. The molecule has 0 unspecified atom stereocenters. The van der Waals surface area contributed by atoms with Gasteiger partial charge in [-0.15, -0.1) is 0 Å². The van der Waals surface area contributed by atoms with Crippen LogP contribution in [0.1, 0.15) is 47.2 Å². The summed E-state index contributed by atoms with van der Waals surface area (Å²) in [5, 5.41) is 13.8. The molecule has 1 aliphatic carbocycles. The molecule has 9 heteroatoms. The Labute approximate surface area is 201 Å². The number of alkyl halides is 3. The standard InChI is InChI=1S/C25H26ClF3N4O/c1-15-22(17-5-3-2-4-6-17)32-33-23(15)30-14-16-7-10-19(11-8-16)31-24(34)20-13-18(25(27,28)29)9-12-21(20)26/h2-6,9,12-13,16,19H,7-8,10-11,14H2,1H3,(H,31,34)(H2,30,32,33)/t16-,19-. The highest BCUT2D eigenvalue weighted by molar-refractivity contribution is 6.33. The number of benzene rings is 2. The number of hydrogen-bond donors (Lipinski definition) is 3. The molecular formula is C25H26ClF3N4O. The van der Waals surface area contributed by atoms with Crippen LogP contribution >= 0.6 is 11.6 Å². The van der Waals surface area contributed by atoms with Crippen LogP contribution in [-0.4, -0.2) is 28.7 Å². The SMILES string of the molecule is Cc1c(NC[C@H]2CC[C@H](NC(=O)c3cc(C(F)(F)F)ccc3Cl)CC2)n[nH]c1-c1ccccc1. The summed E-state index contributed by atoms with van der Waals surface area (Å²) >= 11 is 5.99. The smallest absolute Gasteiger partial charge is 0.368 e. The molecule has 0 aliphatic heterocycles. The minimum absolute atomic E-state index is 0.00707. The van der Waals surface area contributed by atoms with E-state index in [2.05, 4.69) is 20.8 Å². The number of nitrogens with one attached hydrogen (secondary N) is 3. The average Bonchev–Trinajstić information content (AvgIpc) is 3.19. The van der Waals surface area contributed by atoms with Crippen LogP contribution < -0.4 is 10.6 Å². The molecule has 0 bridgehead atoms. The van der Waals surface area contributed by atoms with E-state index in [9.17, 15) is 18.0 Å². The molecule has 0 saturated heterocycles. The second kappa shape index (κ2) is 10.1. The number of carbonyl (C=O) groups is 1. The summed E-state index contributed by atoms with van der Waals surface area (Å²) in [5.74, 6) is 0.674. The normalized spacial score (nSPS) is 18.5. The fourth-order valence-corrected chi connectivity index (χ4v) is 4.55. The van der Waals surface area contributed by atoms with E-state index in [1.54, 1.807) is 0 Å². The van der Waals surface area contributed by atoms with Crippen LogP contribution in [0.5, 0.6) is 0 Å². The van der Waals surface area contributed by atoms with Crippen molar-refractivity contribution in [1.29, 1.82) is 0 Å². The number of rotatable bonds is 6. The maximum Gasteiger partial charge on any atom is 0.416 e. The first kappa shape index (κ1) is 24.1. The Balaban J connectivity index is 1.28. The topological polar surface area (TPSA) is 69.8 Å². The largest absolute Gasteiger partial charge is 0.416 e. The molecule has 180 valence electrons. The van der Waals surface area contributed by atoms with Crippen molar-refractivity contribution < 1.29 is 18.0 Å². The molecule has 1 aliphatic rings. The third kappa shape index (κ3) is 5.55. The zero-order valence-corrected chi connectivity index (χ0v) is 19.4. The Morgan fingerprint density at radius 3 is 2.50 bits per heavy atom. The number of amides is 1. The first-order valence-electron chi connectivity index (χ1n) is 11.2. The summed E-state index contributed by atoms with van der Waals surface area (Å²) in [7, 11) is 0. The molecule has 3 N–H and O–H groups in total. The van der Waals surface area contributed by atoms with Gasteiger partial charge in [-0.1, -0.05) is 41.9 Å². The minimum Gasteiger partial charge on any atom is -0.368 e. The summed E-state index contributed by atoms with van der Waals surface area (Å²) in [6.45, 7) is 2.79. The zero-order chi connectivity index (χ0) is 24.3. The Kier molecular flexibility index (Phi) is 7.16. The minimum atomic E-state index is -4.53. The van der Waals surface area contributed by atoms with Gasteiger partial charge in [-0.2, -0.15) is 18.3 Å². The molecule has 1 heterocycles. The van der Waals surface area contributed by atoms with Crippen molar-refractivity contribution >= 4 is 23.3 Å². The van der Waals surface area contributed by atoms with Crippen LogP contribution in [0.25, 0.3) is 11.3 Å². The van der Waals surface area contributed by atoms with Gasteiger partial charge in [-0.3, -0.25) is 9.89 Å². The van der Waals surface area contributed by atoms with Crippen LogP contribution in [-0.2, 0) is 6.18 Å². The molecule has 4 rings (SSSR count). The van der Waals surface area contributed by atoms with Gasteiger partial charge in [0.1, 0.15) is 0 Å². The molecule has 5 nitrogen and oxygen atoms in total. The van der Waals surface area contributed by atoms with Crippen molar-refractivity contribution in [1.82, 2.24) is 15.5 Å². The number of H-pyrrole nitrogens is 1. The highest BCUT2D eigenvalue weighted by Gasteiger charge is 2.32. The van der Waals surface area contributed by atoms with Gasteiger partial charge in [0.25, 0.3) is 5.91 Å². The maximum atomic E-state index is 13.0. The van der Waals surface area contributed by atoms with Crippen molar-refractivity contribution in [3.8, 4) is 11.3 Å². The van der Waals surface area contributed by atoms with Gasteiger partial charge in [-0.25, -0.2) is 0 Å². The Morgan fingerprint density at radius 1 is 1.12 bits per heavy atom. The van der Waals surface area contributed by atoms with Crippen LogP contribution in [0.4, 0.5) is 19.0 Å². The number of nitrogens with zero attached hydrogens (tertiary/aromatic N) is 1. The van der Waals surface area contributed by atoms with Gasteiger partial charge < -0.3 is 10.6 Å². The zero-order valence-electron chi connectivity index (χ0n) is 18.7. The molecule has 0 spiro atoms. The average molecular weight is 491 g/mol. The summed E-state index contributed by atoms with van der Waals surface area (Å²) in [6.07, 6.45) is -1.24. The third-order valence-electron chi connectivity index (χ3n) is 6.35. The lowest BCUT2D eigenvalue weighted by Crippen LogP contribution is -2.38. The van der Waals surface area contributed by atoms with Gasteiger partial charge in [0, 0.05) is 18.2 Å². The predicted molar refractivity (Wildman–Crippen MR) is 127 cm³/mol. The van der Waals surface area contributed by atoms with Crippen molar-refractivity contribution in [2.75, 3.05) is 11.9 Å². The number of carbonyl (C=O) groups excluding carboxylic acids is 1. The van der Waals surface area contributed by atoms with Crippen molar-refractivity contribution in [2.45, 2.75) is 44.8 Å². The molecule has 2 aromatic carbocycles. The molecule has 1 aromatic heterocycles. The van der Waals surface area contributed by atoms with E-state index in [4.69, 9.17) is 11.6 Å². The Bertz CT molecular complexity index is 1140. The van der Waals surface area contributed by atoms with E-state index in [0.29, 0.717) is 5.92 Å². The van der Waals surface area contributed by atoms with E-state index >= 15 is 0 Å². The summed E-state index contributed by atoms with van der Waals surface area (Å²) in [5.41, 5.74) is 2.09. The quantitative estimate of drug-likeness (QED) is 0.371. The van der Waals surface area contributed by atoms with Crippen LogP contribution in [0, 0.1) is 12.8 Å². The van der Waals surface area contributed by atoms with E-state index in [-0.39, 0.29) is 16.6 Å². The third-order valence-corrected chi connectivity index (χ3v) is 6.68. The van der Waals surface area contributed by atoms with Gasteiger partial charge in [0.2, 0.25) is 0 Å². The Hall–Kier alpha value is -3.00. The number of hydrogen-bond acceptors (Lipinski definition) is 3. The second-order valence-electron chi connectivity index (χ2n) is 8.70. The van der Waals surface area contributed by atoms with E-state index < -0.39 is 17.6 Å². The highest BCUT2D eigenvalue weighted by atomic mass is 35.5. The monoisotopic (exact) mass is 490 g/mol. The van der Waals surface area contributed by atoms with E-state index in [1.165, 1.54) is 0 Å². The summed E-state index contributed by atoms with van der Waals surface area (Å²) < 4.78 is 39.0. The molecule has 0 atom stereocenters. The Morgan fingerprint density at radius 2 is 1.82 bits per heavy atom. The van der Waals surface area contributed by atoms with E-state index in [1.807, 2.05) is 37.3 Å².